The lowest BCUT2D eigenvalue weighted by Crippen LogP contribution is -2.35. The standard InChI is InChI=1S/C25H28N2O6/c1-3-14-33-23-12-10-19(16-24(23)31-2)17-26(18-21-8-6-15-32-21)25(28)13-11-20-7-4-5-9-22(20)27(29)30/h3-5,7,9-13,16,21H,1,6,8,14-15,17-18H2,2H3/b13-11+. The third-order valence-corrected chi connectivity index (χ3v) is 5.26. The van der Waals surface area contributed by atoms with Crippen LogP contribution in [0.2, 0.25) is 0 Å². The highest BCUT2D eigenvalue weighted by molar-refractivity contribution is 5.92. The molecule has 0 aliphatic carbocycles. The van der Waals surface area contributed by atoms with Crippen molar-refractivity contribution < 1.29 is 23.9 Å². The summed E-state index contributed by atoms with van der Waals surface area (Å²) in [5.41, 5.74) is 1.19. The summed E-state index contributed by atoms with van der Waals surface area (Å²) in [5.74, 6) is 0.901. The Bertz CT molecular complexity index is 1010. The molecule has 1 atom stereocenters. The monoisotopic (exact) mass is 452 g/mol. The van der Waals surface area contributed by atoms with Crippen LogP contribution < -0.4 is 9.47 Å². The number of benzene rings is 2. The quantitative estimate of drug-likeness (QED) is 0.217. The zero-order valence-electron chi connectivity index (χ0n) is 18.6. The van der Waals surface area contributed by atoms with E-state index in [4.69, 9.17) is 14.2 Å². The lowest BCUT2D eigenvalue weighted by molar-refractivity contribution is -0.385. The van der Waals surface area contributed by atoms with Gasteiger partial charge in [0.1, 0.15) is 6.61 Å². The van der Waals surface area contributed by atoms with Crippen molar-refractivity contribution in [3.63, 3.8) is 0 Å². The Labute approximate surface area is 193 Å². The van der Waals surface area contributed by atoms with Gasteiger partial charge in [-0.15, -0.1) is 0 Å². The fraction of sp³-hybridized carbons (Fsp3) is 0.320. The molecular weight excluding hydrogens is 424 g/mol. The maximum Gasteiger partial charge on any atom is 0.276 e. The van der Waals surface area contributed by atoms with Gasteiger partial charge >= 0.3 is 0 Å². The van der Waals surface area contributed by atoms with E-state index in [0.29, 0.717) is 43.4 Å². The van der Waals surface area contributed by atoms with Gasteiger partial charge in [0.05, 0.1) is 23.7 Å². The van der Waals surface area contributed by atoms with Gasteiger partial charge in [0, 0.05) is 31.8 Å². The molecule has 2 aromatic rings. The highest BCUT2D eigenvalue weighted by atomic mass is 16.6. The average molecular weight is 453 g/mol. The van der Waals surface area contributed by atoms with Crippen molar-refractivity contribution in [1.82, 2.24) is 4.90 Å². The van der Waals surface area contributed by atoms with Crippen LogP contribution in [0, 0.1) is 10.1 Å². The molecular formula is C25H28N2O6. The number of nitro groups is 1. The summed E-state index contributed by atoms with van der Waals surface area (Å²) in [6.45, 7) is 5.44. The van der Waals surface area contributed by atoms with E-state index < -0.39 is 4.92 Å². The largest absolute Gasteiger partial charge is 0.493 e. The predicted molar refractivity (Wildman–Crippen MR) is 125 cm³/mol. The molecule has 1 aliphatic rings. The van der Waals surface area contributed by atoms with Gasteiger partial charge in [-0.25, -0.2) is 0 Å². The summed E-state index contributed by atoms with van der Waals surface area (Å²) in [6.07, 6.45) is 6.31. The van der Waals surface area contributed by atoms with E-state index in [1.165, 1.54) is 18.2 Å². The Kier molecular flexibility index (Phi) is 8.60. The molecule has 8 nitrogen and oxygen atoms in total. The van der Waals surface area contributed by atoms with Crippen LogP contribution >= 0.6 is 0 Å². The van der Waals surface area contributed by atoms with Gasteiger partial charge in [0.15, 0.2) is 11.5 Å². The van der Waals surface area contributed by atoms with E-state index in [1.54, 1.807) is 42.4 Å². The molecule has 174 valence electrons. The molecule has 2 aromatic carbocycles. The normalized spacial score (nSPS) is 15.4. The number of hydrogen-bond donors (Lipinski definition) is 0. The van der Waals surface area contributed by atoms with Gasteiger partial charge < -0.3 is 19.1 Å². The molecule has 1 heterocycles. The zero-order valence-corrected chi connectivity index (χ0v) is 18.6. The first kappa shape index (κ1) is 24.0. The Balaban J connectivity index is 1.80. The van der Waals surface area contributed by atoms with Gasteiger partial charge in [0.2, 0.25) is 5.91 Å². The second kappa shape index (κ2) is 11.8. The number of nitrogens with zero attached hydrogens (tertiary/aromatic N) is 2. The molecule has 1 fully saturated rings. The molecule has 3 rings (SSSR count). The number of rotatable bonds is 11. The third kappa shape index (κ3) is 6.66. The van der Waals surface area contributed by atoms with Crippen molar-refractivity contribution in [2.24, 2.45) is 0 Å². The molecule has 1 amide bonds. The van der Waals surface area contributed by atoms with Crippen molar-refractivity contribution in [3.8, 4) is 11.5 Å². The topological polar surface area (TPSA) is 91.1 Å². The smallest absolute Gasteiger partial charge is 0.276 e. The number of amides is 1. The fourth-order valence-corrected chi connectivity index (χ4v) is 3.63. The third-order valence-electron chi connectivity index (χ3n) is 5.26. The minimum Gasteiger partial charge on any atom is -0.493 e. The minimum absolute atomic E-state index is 0.0366. The number of para-hydroxylation sites is 1. The molecule has 33 heavy (non-hydrogen) atoms. The molecule has 0 saturated carbocycles. The zero-order chi connectivity index (χ0) is 23.6. The van der Waals surface area contributed by atoms with Crippen LogP contribution in [0.5, 0.6) is 11.5 Å². The number of carbonyl (C=O) groups excluding carboxylic acids is 1. The number of ether oxygens (including phenoxy) is 3. The van der Waals surface area contributed by atoms with Crippen LogP contribution in [-0.4, -0.2) is 48.7 Å². The van der Waals surface area contributed by atoms with Crippen molar-refractivity contribution >= 4 is 17.7 Å². The Morgan fingerprint density at radius 1 is 1.30 bits per heavy atom. The van der Waals surface area contributed by atoms with Crippen LogP contribution in [0.3, 0.4) is 0 Å². The molecule has 0 aromatic heterocycles. The molecule has 8 heteroatoms. The fourth-order valence-electron chi connectivity index (χ4n) is 3.63. The van der Waals surface area contributed by atoms with Gasteiger partial charge in [-0.3, -0.25) is 14.9 Å². The summed E-state index contributed by atoms with van der Waals surface area (Å²) >= 11 is 0. The second-order valence-electron chi connectivity index (χ2n) is 7.59. The van der Waals surface area contributed by atoms with Crippen molar-refractivity contribution in [2.45, 2.75) is 25.5 Å². The van der Waals surface area contributed by atoms with Gasteiger partial charge in [-0.05, 0) is 42.7 Å². The number of carbonyl (C=O) groups is 1. The Hall–Kier alpha value is -3.65. The number of methoxy groups -OCH3 is 1. The Morgan fingerprint density at radius 3 is 2.82 bits per heavy atom. The van der Waals surface area contributed by atoms with Gasteiger partial charge in [0.25, 0.3) is 5.69 Å². The van der Waals surface area contributed by atoms with Crippen LogP contribution in [0.15, 0.2) is 61.2 Å². The van der Waals surface area contributed by atoms with Crippen molar-refractivity contribution in [3.05, 3.63) is 82.4 Å². The first-order valence-corrected chi connectivity index (χ1v) is 10.7. The SMILES string of the molecule is C=CCOc1ccc(CN(CC2CCCO2)C(=O)/C=C/c2ccccc2[N+](=O)[O-])cc1OC. The average Bonchev–Trinajstić information content (AvgIpc) is 3.34. The molecule has 0 radical (unpaired) electrons. The van der Waals surface area contributed by atoms with Gasteiger partial charge in [-0.1, -0.05) is 30.9 Å². The molecule has 1 unspecified atom stereocenters. The van der Waals surface area contributed by atoms with E-state index in [2.05, 4.69) is 6.58 Å². The maximum absolute atomic E-state index is 13.1. The highest BCUT2D eigenvalue weighted by Crippen LogP contribution is 2.29. The Morgan fingerprint density at radius 2 is 2.12 bits per heavy atom. The summed E-state index contributed by atoms with van der Waals surface area (Å²) in [6, 6.07) is 11.8. The molecule has 0 spiro atoms. The van der Waals surface area contributed by atoms with Crippen LogP contribution in [-0.2, 0) is 16.1 Å². The van der Waals surface area contributed by atoms with E-state index in [0.717, 1.165) is 18.4 Å². The minimum atomic E-state index is -0.462. The maximum atomic E-state index is 13.1. The van der Waals surface area contributed by atoms with E-state index in [1.807, 2.05) is 12.1 Å². The molecule has 0 N–H and O–H groups in total. The van der Waals surface area contributed by atoms with E-state index in [-0.39, 0.29) is 17.7 Å². The first-order valence-electron chi connectivity index (χ1n) is 10.7. The first-order chi connectivity index (χ1) is 16.0. The highest BCUT2D eigenvalue weighted by Gasteiger charge is 2.22. The second-order valence-corrected chi connectivity index (χ2v) is 7.59. The summed E-state index contributed by atoms with van der Waals surface area (Å²) < 4.78 is 16.8. The van der Waals surface area contributed by atoms with Crippen LogP contribution in [0.4, 0.5) is 5.69 Å². The van der Waals surface area contributed by atoms with Crippen molar-refractivity contribution in [1.29, 1.82) is 0 Å². The van der Waals surface area contributed by atoms with Gasteiger partial charge in [-0.2, -0.15) is 0 Å². The van der Waals surface area contributed by atoms with E-state index >= 15 is 0 Å². The number of nitro benzene ring substituents is 1. The van der Waals surface area contributed by atoms with Crippen molar-refractivity contribution in [2.75, 3.05) is 26.9 Å². The summed E-state index contributed by atoms with van der Waals surface area (Å²) in [5, 5.41) is 11.3. The van der Waals surface area contributed by atoms with Crippen LogP contribution in [0.1, 0.15) is 24.0 Å². The predicted octanol–water partition coefficient (Wildman–Crippen LogP) is 4.39. The van der Waals surface area contributed by atoms with E-state index in [9.17, 15) is 14.9 Å². The summed E-state index contributed by atoms with van der Waals surface area (Å²) in [4.78, 5) is 25.6. The van der Waals surface area contributed by atoms with Crippen LogP contribution in [0.25, 0.3) is 6.08 Å². The lowest BCUT2D eigenvalue weighted by atomic mass is 10.1. The lowest BCUT2D eigenvalue weighted by Gasteiger charge is -2.25. The molecule has 1 aliphatic heterocycles. The molecule has 0 bridgehead atoms. The number of hydrogen-bond acceptors (Lipinski definition) is 6. The summed E-state index contributed by atoms with van der Waals surface area (Å²) in [7, 11) is 1.56. The molecule has 1 saturated heterocycles.